The second kappa shape index (κ2) is 3.34. The lowest BCUT2D eigenvalue weighted by atomic mass is 10.1. The maximum atomic E-state index is 10.8. The van der Waals surface area contributed by atoms with Crippen LogP contribution in [0.15, 0.2) is 23.1 Å². The van der Waals surface area contributed by atoms with Gasteiger partial charge < -0.3 is 10.7 Å². The molecule has 0 aromatic carbocycles. The Balaban J connectivity index is 2.96. The quantitative estimate of drug-likeness (QED) is 0.658. The summed E-state index contributed by atoms with van der Waals surface area (Å²) in [6.07, 6.45) is 2.47. The third-order valence-electron chi connectivity index (χ3n) is 1.67. The Labute approximate surface area is 65.2 Å². The van der Waals surface area contributed by atoms with Crippen molar-refractivity contribution < 1.29 is 0 Å². The fourth-order valence-corrected chi connectivity index (χ4v) is 0.928. The molecule has 1 rings (SSSR count). The molecule has 60 valence electrons. The van der Waals surface area contributed by atoms with Crippen molar-refractivity contribution in [3.8, 4) is 0 Å². The van der Waals surface area contributed by atoms with Gasteiger partial charge in [0.05, 0.1) is 0 Å². The second-order valence-electron chi connectivity index (χ2n) is 2.50. The molecule has 0 spiro atoms. The summed E-state index contributed by atoms with van der Waals surface area (Å²) in [4.78, 5) is 13.3. The first-order chi connectivity index (χ1) is 5.24. The van der Waals surface area contributed by atoms with Gasteiger partial charge in [0, 0.05) is 18.3 Å². The Kier molecular flexibility index (Phi) is 2.44. The molecule has 3 N–H and O–H groups in total. The van der Waals surface area contributed by atoms with E-state index in [1.54, 1.807) is 6.20 Å². The zero-order valence-electron chi connectivity index (χ0n) is 6.50. The Morgan fingerprint density at radius 1 is 1.73 bits per heavy atom. The summed E-state index contributed by atoms with van der Waals surface area (Å²) in [6, 6.07) is 3.35. The summed E-state index contributed by atoms with van der Waals surface area (Å²) in [6.45, 7) is 1.99. The van der Waals surface area contributed by atoms with Crippen molar-refractivity contribution in [3.63, 3.8) is 0 Å². The summed E-state index contributed by atoms with van der Waals surface area (Å²) in [5.74, 6) is 0. The number of H-pyrrole nitrogens is 1. The van der Waals surface area contributed by atoms with E-state index in [-0.39, 0.29) is 11.6 Å². The van der Waals surface area contributed by atoms with Gasteiger partial charge in [0.2, 0.25) is 5.56 Å². The van der Waals surface area contributed by atoms with E-state index < -0.39 is 0 Å². The van der Waals surface area contributed by atoms with Crippen LogP contribution in [0.3, 0.4) is 0 Å². The van der Waals surface area contributed by atoms with E-state index in [1.165, 1.54) is 6.07 Å². The predicted octanol–water partition coefficient (Wildman–Crippen LogP) is 0.785. The average molecular weight is 152 g/mol. The molecule has 3 nitrogen and oxygen atoms in total. The van der Waals surface area contributed by atoms with Gasteiger partial charge in [-0.05, 0) is 18.1 Å². The molecule has 0 aliphatic carbocycles. The Hall–Kier alpha value is -1.09. The minimum Gasteiger partial charge on any atom is -0.329 e. The largest absolute Gasteiger partial charge is 0.329 e. The van der Waals surface area contributed by atoms with Crippen LogP contribution in [-0.4, -0.2) is 4.98 Å². The number of pyridine rings is 1. The minimum absolute atomic E-state index is 0.0164. The van der Waals surface area contributed by atoms with E-state index in [0.717, 1.165) is 12.0 Å². The van der Waals surface area contributed by atoms with Gasteiger partial charge in [-0.2, -0.15) is 0 Å². The Bertz CT molecular complexity index is 279. The maximum Gasteiger partial charge on any atom is 0.248 e. The first kappa shape index (κ1) is 8.01. The number of rotatable bonds is 2. The highest BCUT2D eigenvalue weighted by molar-refractivity contribution is 5.13. The smallest absolute Gasteiger partial charge is 0.248 e. The monoisotopic (exact) mass is 152 g/mol. The molecule has 0 bridgehead atoms. The maximum absolute atomic E-state index is 10.8. The molecule has 1 aromatic heterocycles. The molecule has 0 radical (unpaired) electrons. The van der Waals surface area contributed by atoms with Gasteiger partial charge in [0.15, 0.2) is 0 Å². The fourth-order valence-electron chi connectivity index (χ4n) is 0.928. The molecule has 0 saturated carbocycles. The molecule has 0 aliphatic rings. The van der Waals surface area contributed by atoms with Gasteiger partial charge in [-0.1, -0.05) is 6.92 Å². The zero-order valence-corrected chi connectivity index (χ0v) is 6.50. The number of nitrogens with one attached hydrogen (secondary N) is 1. The van der Waals surface area contributed by atoms with Crippen molar-refractivity contribution in [1.29, 1.82) is 0 Å². The van der Waals surface area contributed by atoms with Crippen LogP contribution >= 0.6 is 0 Å². The van der Waals surface area contributed by atoms with Crippen LogP contribution in [0.25, 0.3) is 0 Å². The predicted molar refractivity (Wildman–Crippen MR) is 44.3 cm³/mol. The van der Waals surface area contributed by atoms with Crippen molar-refractivity contribution in [3.05, 3.63) is 34.2 Å². The third-order valence-corrected chi connectivity index (χ3v) is 1.67. The van der Waals surface area contributed by atoms with Crippen LogP contribution in [0, 0.1) is 0 Å². The summed E-state index contributed by atoms with van der Waals surface area (Å²) >= 11 is 0. The van der Waals surface area contributed by atoms with Crippen molar-refractivity contribution in [1.82, 2.24) is 4.98 Å². The van der Waals surface area contributed by atoms with Gasteiger partial charge in [0.25, 0.3) is 0 Å². The molecule has 0 fully saturated rings. The first-order valence-electron chi connectivity index (χ1n) is 3.68. The van der Waals surface area contributed by atoms with Crippen LogP contribution in [0.1, 0.15) is 24.9 Å². The standard InChI is InChI=1S/C8H12N2O/c1-2-7(9)6-3-4-10-8(11)5-6/h3-5,7H,2,9H2,1H3,(H,10,11). The Morgan fingerprint density at radius 3 is 3.00 bits per heavy atom. The molecule has 1 aromatic rings. The highest BCUT2D eigenvalue weighted by atomic mass is 16.1. The number of hydrogen-bond donors (Lipinski definition) is 2. The normalized spacial score (nSPS) is 12.9. The van der Waals surface area contributed by atoms with Gasteiger partial charge in [-0.25, -0.2) is 0 Å². The van der Waals surface area contributed by atoms with Gasteiger partial charge in [0.1, 0.15) is 0 Å². The van der Waals surface area contributed by atoms with Crippen molar-refractivity contribution in [2.45, 2.75) is 19.4 Å². The number of aromatic nitrogens is 1. The van der Waals surface area contributed by atoms with Crippen molar-refractivity contribution >= 4 is 0 Å². The summed E-state index contributed by atoms with van der Waals surface area (Å²) < 4.78 is 0. The lowest BCUT2D eigenvalue weighted by Gasteiger charge is -2.06. The summed E-state index contributed by atoms with van der Waals surface area (Å²) in [7, 11) is 0. The molecular formula is C8H12N2O. The number of nitrogens with two attached hydrogens (primary N) is 1. The molecule has 11 heavy (non-hydrogen) atoms. The van der Waals surface area contributed by atoms with Crippen LogP contribution in [0.5, 0.6) is 0 Å². The highest BCUT2D eigenvalue weighted by Gasteiger charge is 2.01. The second-order valence-corrected chi connectivity index (χ2v) is 2.50. The van der Waals surface area contributed by atoms with E-state index in [4.69, 9.17) is 5.73 Å². The molecule has 0 amide bonds. The van der Waals surface area contributed by atoms with Crippen molar-refractivity contribution in [2.24, 2.45) is 5.73 Å². The van der Waals surface area contributed by atoms with Crippen molar-refractivity contribution in [2.75, 3.05) is 0 Å². The van der Waals surface area contributed by atoms with Crippen LogP contribution in [-0.2, 0) is 0 Å². The van der Waals surface area contributed by atoms with E-state index >= 15 is 0 Å². The topological polar surface area (TPSA) is 58.9 Å². The number of aromatic amines is 1. The lowest BCUT2D eigenvalue weighted by molar-refractivity contribution is 0.696. The van der Waals surface area contributed by atoms with E-state index in [0.29, 0.717) is 0 Å². The Morgan fingerprint density at radius 2 is 2.45 bits per heavy atom. The van der Waals surface area contributed by atoms with E-state index in [2.05, 4.69) is 4.98 Å². The third kappa shape index (κ3) is 1.91. The van der Waals surface area contributed by atoms with Gasteiger partial charge in [-0.3, -0.25) is 4.79 Å². The van der Waals surface area contributed by atoms with E-state index in [1.807, 2.05) is 13.0 Å². The summed E-state index contributed by atoms with van der Waals surface area (Å²) in [5, 5.41) is 0. The molecule has 1 unspecified atom stereocenters. The molecule has 1 atom stereocenters. The highest BCUT2D eigenvalue weighted by Crippen LogP contribution is 2.09. The average Bonchev–Trinajstić information content (AvgIpc) is 2.03. The zero-order chi connectivity index (χ0) is 8.27. The molecule has 0 saturated heterocycles. The lowest BCUT2D eigenvalue weighted by Crippen LogP contribution is -2.13. The SMILES string of the molecule is CCC(N)c1cc[nH]c(=O)c1. The molecule has 0 aliphatic heterocycles. The summed E-state index contributed by atoms with van der Waals surface area (Å²) in [5.41, 5.74) is 6.52. The van der Waals surface area contributed by atoms with Crippen LogP contribution in [0.4, 0.5) is 0 Å². The van der Waals surface area contributed by atoms with E-state index in [9.17, 15) is 4.79 Å². The number of hydrogen-bond acceptors (Lipinski definition) is 2. The van der Waals surface area contributed by atoms with Crippen LogP contribution in [0.2, 0.25) is 0 Å². The van der Waals surface area contributed by atoms with Gasteiger partial charge in [-0.15, -0.1) is 0 Å². The molecular weight excluding hydrogens is 140 g/mol. The van der Waals surface area contributed by atoms with Gasteiger partial charge >= 0.3 is 0 Å². The first-order valence-corrected chi connectivity index (χ1v) is 3.68. The molecule has 3 heteroatoms. The minimum atomic E-state index is -0.0913. The fraction of sp³-hybridized carbons (Fsp3) is 0.375. The molecule has 1 heterocycles. The van der Waals surface area contributed by atoms with Crippen LogP contribution < -0.4 is 11.3 Å².